The summed E-state index contributed by atoms with van der Waals surface area (Å²) in [6.07, 6.45) is 3.55. The van der Waals surface area contributed by atoms with Gasteiger partial charge in [0.15, 0.2) is 0 Å². The molecule has 0 aromatic heterocycles. The van der Waals surface area contributed by atoms with Crippen molar-refractivity contribution < 1.29 is 4.74 Å². The van der Waals surface area contributed by atoms with E-state index in [1.165, 1.54) is 0 Å². The van der Waals surface area contributed by atoms with Crippen molar-refractivity contribution in [2.75, 3.05) is 33.8 Å². The maximum absolute atomic E-state index is 5.72. The average Bonchev–Trinajstić information content (AvgIpc) is 2.15. The van der Waals surface area contributed by atoms with Crippen molar-refractivity contribution in [3.63, 3.8) is 0 Å². The molecule has 0 bridgehead atoms. The molecule has 0 spiro atoms. The molecule has 0 saturated heterocycles. The van der Waals surface area contributed by atoms with Gasteiger partial charge in [-0.15, -0.1) is 0 Å². The van der Waals surface area contributed by atoms with Gasteiger partial charge in [-0.2, -0.15) is 0 Å². The number of hydrogen-bond acceptors (Lipinski definition) is 4. The van der Waals surface area contributed by atoms with E-state index >= 15 is 0 Å². The Bertz CT molecular complexity index is 234. The van der Waals surface area contributed by atoms with Gasteiger partial charge in [-0.3, -0.25) is 4.99 Å². The quantitative estimate of drug-likeness (QED) is 0.657. The van der Waals surface area contributed by atoms with Crippen molar-refractivity contribution in [2.45, 2.75) is 12.8 Å². The highest BCUT2D eigenvalue weighted by atomic mass is 16.5. The minimum absolute atomic E-state index is 0.682. The van der Waals surface area contributed by atoms with Crippen LogP contribution in [0.3, 0.4) is 0 Å². The second kappa shape index (κ2) is 5.65. The molecule has 0 aromatic carbocycles. The number of dihydropyridines is 1. The second-order valence-corrected chi connectivity index (χ2v) is 3.67. The molecule has 0 saturated carbocycles. The maximum Gasteiger partial charge on any atom is 0.122 e. The van der Waals surface area contributed by atoms with Gasteiger partial charge in [0.1, 0.15) is 5.76 Å². The minimum atomic E-state index is 0.682. The summed E-state index contributed by atoms with van der Waals surface area (Å²) >= 11 is 0. The molecule has 0 radical (unpaired) electrons. The summed E-state index contributed by atoms with van der Waals surface area (Å²) in [4.78, 5) is 6.21. The normalized spacial score (nSPS) is 16.5. The van der Waals surface area contributed by atoms with E-state index < -0.39 is 0 Å². The third-order valence-electron chi connectivity index (χ3n) is 2.05. The number of nitrogens with two attached hydrogens (primary N) is 1. The molecule has 0 fully saturated rings. The fourth-order valence-corrected chi connectivity index (χ4v) is 1.28. The molecule has 1 rings (SSSR count). The fourth-order valence-electron chi connectivity index (χ4n) is 1.28. The van der Waals surface area contributed by atoms with E-state index in [0.29, 0.717) is 5.70 Å². The first-order valence-corrected chi connectivity index (χ1v) is 4.96. The zero-order chi connectivity index (χ0) is 10.4. The van der Waals surface area contributed by atoms with Crippen molar-refractivity contribution >= 4 is 6.21 Å². The summed E-state index contributed by atoms with van der Waals surface area (Å²) in [6.45, 7) is 2.58. The molecule has 0 atom stereocenters. The number of aliphatic imine (C=N–C) groups is 1. The van der Waals surface area contributed by atoms with Crippen LogP contribution in [0.25, 0.3) is 0 Å². The van der Waals surface area contributed by atoms with Crippen LogP contribution in [-0.2, 0) is 4.74 Å². The van der Waals surface area contributed by atoms with Crippen molar-refractivity contribution in [2.24, 2.45) is 10.7 Å². The van der Waals surface area contributed by atoms with Gasteiger partial charge in [0.2, 0.25) is 0 Å². The second-order valence-electron chi connectivity index (χ2n) is 3.67. The molecule has 80 valence electrons. The lowest BCUT2D eigenvalue weighted by atomic mass is 10.2. The number of nitrogens with zero attached hydrogens (tertiary/aromatic N) is 2. The summed E-state index contributed by atoms with van der Waals surface area (Å²) in [5.41, 5.74) is 6.40. The lowest BCUT2D eigenvalue weighted by Gasteiger charge is -2.15. The number of ether oxygens (including phenoxy) is 1. The van der Waals surface area contributed by atoms with Crippen LogP contribution in [-0.4, -0.2) is 44.9 Å². The first-order chi connectivity index (χ1) is 6.70. The van der Waals surface area contributed by atoms with Crippen LogP contribution in [0.15, 0.2) is 16.4 Å². The summed E-state index contributed by atoms with van der Waals surface area (Å²) < 4.78 is 5.58. The van der Waals surface area contributed by atoms with Gasteiger partial charge in [0.25, 0.3) is 0 Å². The van der Waals surface area contributed by atoms with Crippen LogP contribution in [0.5, 0.6) is 0 Å². The topological polar surface area (TPSA) is 50.9 Å². The summed E-state index contributed by atoms with van der Waals surface area (Å²) in [7, 11) is 4.11. The SMILES string of the molecule is CN(C)CCCOC1=C(N)C=NCC1. The Balaban J connectivity index is 2.20. The molecule has 4 nitrogen and oxygen atoms in total. The molecule has 0 aromatic rings. The van der Waals surface area contributed by atoms with Gasteiger partial charge in [-0.25, -0.2) is 0 Å². The van der Waals surface area contributed by atoms with E-state index in [-0.39, 0.29) is 0 Å². The highest BCUT2D eigenvalue weighted by Gasteiger charge is 2.07. The Morgan fingerprint density at radius 3 is 3.00 bits per heavy atom. The van der Waals surface area contributed by atoms with Crippen molar-refractivity contribution in [3.8, 4) is 0 Å². The summed E-state index contributed by atoms with van der Waals surface area (Å²) in [5, 5.41) is 0. The van der Waals surface area contributed by atoms with Gasteiger partial charge in [0.05, 0.1) is 12.3 Å². The predicted molar refractivity (Wildman–Crippen MR) is 58.3 cm³/mol. The molecule has 14 heavy (non-hydrogen) atoms. The zero-order valence-electron chi connectivity index (χ0n) is 8.99. The van der Waals surface area contributed by atoms with E-state index in [2.05, 4.69) is 24.0 Å². The van der Waals surface area contributed by atoms with E-state index in [1.54, 1.807) is 6.21 Å². The van der Waals surface area contributed by atoms with Crippen molar-refractivity contribution in [3.05, 3.63) is 11.5 Å². The van der Waals surface area contributed by atoms with E-state index in [1.807, 2.05) is 0 Å². The minimum Gasteiger partial charge on any atom is -0.496 e. The van der Waals surface area contributed by atoms with Crippen LogP contribution in [0.1, 0.15) is 12.8 Å². The first kappa shape index (κ1) is 11.0. The van der Waals surface area contributed by atoms with Gasteiger partial charge in [-0.1, -0.05) is 0 Å². The van der Waals surface area contributed by atoms with E-state index in [0.717, 1.165) is 38.3 Å². The standard InChI is InChI=1S/C10H19N3O/c1-13(2)6-3-7-14-10-4-5-12-8-9(10)11/h8H,3-7,11H2,1-2H3. The molecule has 0 amide bonds. The Morgan fingerprint density at radius 1 is 1.57 bits per heavy atom. The molecule has 2 N–H and O–H groups in total. The molecule has 1 aliphatic rings. The smallest absolute Gasteiger partial charge is 0.122 e. The Morgan fingerprint density at radius 2 is 2.36 bits per heavy atom. The monoisotopic (exact) mass is 197 g/mol. The molecule has 4 heteroatoms. The van der Waals surface area contributed by atoms with E-state index in [4.69, 9.17) is 10.5 Å². The third-order valence-corrected chi connectivity index (χ3v) is 2.05. The van der Waals surface area contributed by atoms with Crippen molar-refractivity contribution in [1.82, 2.24) is 4.90 Å². The van der Waals surface area contributed by atoms with Crippen LogP contribution < -0.4 is 5.73 Å². The number of allylic oxidation sites excluding steroid dienone is 1. The zero-order valence-corrected chi connectivity index (χ0v) is 8.99. The van der Waals surface area contributed by atoms with Crippen LogP contribution in [0.2, 0.25) is 0 Å². The number of hydrogen-bond donors (Lipinski definition) is 1. The predicted octanol–water partition coefficient (Wildman–Crippen LogP) is 0.600. The fraction of sp³-hybridized carbons (Fsp3) is 0.700. The van der Waals surface area contributed by atoms with Crippen LogP contribution in [0, 0.1) is 0 Å². The third kappa shape index (κ3) is 3.79. The summed E-state index contributed by atoms with van der Waals surface area (Å²) in [6, 6.07) is 0. The van der Waals surface area contributed by atoms with Crippen molar-refractivity contribution in [1.29, 1.82) is 0 Å². The van der Waals surface area contributed by atoms with Gasteiger partial charge >= 0.3 is 0 Å². The highest BCUT2D eigenvalue weighted by molar-refractivity contribution is 5.78. The van der Waals surface area contributed by atoms with Gasteiger partial charge in [0, 0.05) is 25.7 Å². The Kier molecular flexibility index (Phi) is 4.46. The Hall–Kier alpha value is -1.03. The molecular formula is C10H19N3O. The lowest BCUT2D eigenvalue weighted by Crippen LogP contribution is -2.16. The molecule has 1 aliphatic heterocycles. The van der Waals surface area contributed by atoms with Gasteiger partial charge in [-0.05, 0) is 20.5 Å². The summed E-state index contributed by atoms with van der Waals surface area (Å²) in [5.74, 6) is 0.902. The molecule has 1 heterocycles. The maximum atomic E-state index is 5.72. The highest BCUT2D eigenvalue weighted by Crippen LogP contribution is 2.10. The Labute approximate surface area is 85.4 Å². The largest absolute Gasteiger partial charge is 0.496 e. The molecule has 0 unspecified atom stereocenters. The van der Waals surface area contributed by atoms with E-state index in [9.17, 15) is 0 Å². The van der Waals surface area contributed by atoms with Crippen LogP contribution >= 0.6 is 0 Å². The molecule has 0 aliphatic carbocycles. The lowest BCUT2D eigenvalue weighted by molar-refractivity contribution is 0.186. The number of rotatable bonds is 5. The van der Waals surface area contributed by atoms with Crippen LogP contribution in [0.4, 0.5) is 0 Å². The van der Waals surface area contributed by atoms with Gasteiger partial charge < -0.3 is 15.4 Å². The molecular weight excluding hydrogens is 178 g/mol. The average molecular weight is 197 g/mol. The first-order valence-electron chi connectivity index (χ1n) is 4.96.